The number of hydrogen-bond donors (Lipinski definition) is 19. The van der Waals surface area contributed by atoms with E-state index >= 15 is 0 Å². The normalized spacial score (nSPS) is 18.3. The van der Waals surface area contributed by atoms with Gasteiger partial charge in [-0.2, -0.15) is 0 Å². The van der Waals surface area contributed by atoms with Crippen LogP contribution in [0.15, 0.2) is 0 Å². The van der Waals surface area contributed by atoms with Crippen LogP contribution >= 0.6 is 0 Å². The molecular formula is C57H103N19O14. The summed E-state index contributed by atoms with van der Waals surface area (Å²) in [5, 5.41) is 61.8. The third kappa shape index (κ3) is 26.3. The Morgan fingerprint density at radius 3 is 1.42 bits per heavy atom. The van der Waals surface area contributed by atoms with E-state index < -0.39 is 162 Å². The molecule has 0 bridgehead atoms. The number of nitrogens with one attached hydrogen (secondary N) is 12. The lowest BCUT2D eigenvalue weighted by Crippen LogP contribution is -2.62. The minimum absolute atomic E-state index is 0.0222. The lowest BCUT2D eigenvalue weighted by molar-refractivity contribution is -0.146. The first-order valence-corrected chi connectivity index (χ1v) is 31.1. The van der Waals surface area contributed by atoms with Crippen LogP contribution in [-0.4, -0.2) is 208 Å². The molecule has 0 aliphatic carbocycles. The molecule has 0 saturated carbocycles. The number of likely N-dealkylation sites (tertiary alicyclic amines) is 2. The van der Waals surface area contributed by atoms with Crippen molar-refractivity contribution in [1.29, 1.82) is 10.8 Å². The molecule has 2 rings (SSSR count). The molecule has 0 aromatic carbocycles. The van der Waals surface area contributed by atoms with Crippen molar-refractivity contribution >= 4 is 82.9 Å². The monoisotopic (exact) mass is 1280 g/mol. The zero-order valence-corrected chi connectivity index (χ0v) is 53.4. The van der Waals surface area contributed by atoms with Gasteiger partial charge in [-0.05, 0) is 122 Å². The fraction of sp³-hybridized carbons (Fsp3) is 0.754. The number of hydrogen-bond acceptors (Lipinski definition) is 17. The number of guanidine groups is 2. The van der Waals surface area contributed by atoms with E-state index in [1.807, 2.05) is 0 Å². The summed E-state index contributed by atoms with van der Waals surface area (Å²) >= 11 is 0. The second kappa shape index (κ2) is 39.2. The van der Waals surface area contributed by atoms with Gasteiger partial charge in [0.2, 0.25) is 65.0 Å². The van der Waals surface area contributed by atoms with Crippen molar-refractivity contribution in [3.8, 4) is 0 Å². The van der Waals surface area contributed by atoms with Gasteiger partial charge in [0.15, 0.2) is 11.9 Å². The van der Waals surface area contributed by atoms with E-state index in [0.717, 1.165) is 4.90 Å². The summed E-state index contributed by atoms with van der Waals surface area (Å²) in [6, 6.07) is -14.3. The number of carbonyl (C=O) groups is 12. The smallest absolute Gasteiger partial charge is 0.326 e. The summed E-state index contributed by atoms with van der Waals surface area (Å²) in [5.41, 5.74) is 27.9. The highest BCUT2D eigenvalue weighted by Crippen LogP contribution is 2.22. The van der Waals surface area contributed by atoms with Crippen molar-refractivity contribution in [3.05, 3.63) is 0 Å². The van der Waals surface area contributed by atoms with Crippen LogP contribution in [0.25, 0.3) is 0 Å². The Morgan fingerprint density at radius 1 is 0.533 bits per heavy atom. The SMILES string of the molecule is CC[C@H](C)[C@H](NC(=O)[C@H](CCCCN)NC(=O)[C@@H]1CCCN1C(=O)[C@H](C)N)C(=O)N[C@@H](CCC(N)=O)C(=O)N[C@@H](CCCNC(=N)N)C(=O)N[C@@H](CC(C)C)C(=O)N[C@H](C(=O)N[C@H](C(=O)N1CCC[C@H]1C(=O)N[C@@H](CCCNC(=N)N)C(=O)O)[C@@H](C)O)C(C)C. The lowest BCUT2D eigenvalue weighted by atomic mass is 9.96. The Balaban J connectivity index is 2.44. The number of unbranched alkanes of at least 4 members (excludes halogenated alkanes) is 1. The molecule has 2 saturated heterocycles. The molecule has 510 valence electrons. The largest absolute Gasteiger partial charge is 0.480 e. The van der Waals surface area contributed by atoms with Crippen molar-refractivity contribution in [3.63, 3.8) is 0 Å². The van der Waals surface area contributed by atoms with Crippen molar-refractivity contribution in [2.24, 2.45) is 46.4 Å². The molecule has 11 amide bonds. The molecule has 2 aliphatic heterocycles. The molecule has 33 heteroatoms. The molecule has 0 aromatic heterocycles. The van der Waals surface area contributed by atoms with Gasteiger partial charge in [-0.25, -0.2) is 4.79 Å². The van der Waals surface area contributed by atoms with Crippen LogP contribution in [0.3, 0.4) is 0 Å². The maximum atomic E-state index is 14.5. The van der Waals surface area contributed by atoms with E-state index in [4.69, 9.17) is 39.5 Å². The summed E-state index contributed by atoms with van der Waals surface area (Å²) < 4.78 is 0. The Bertz CT molecular complexity index is 2480. The Kier molecular flexibility index (Phi) is 34.1. The number of primary amides is 1. The molecule has 2 aliphatic rings. The fourth-order valence-electron chi connectivity index (χ4n) is 10.4. The second-order valence-corrected chi connectivity index (χ2v) is 24.0. The van der Waals surface area contributed by atoms with Crippen LogP contribution in [0.1, 0.15) is 152 Å². The molecule has 24 N–H and O–H groups in total. The van der Waals surface area contributed by atoms with Crippen molar-refractivity contribution < 1.29 is 67.7 Å². The molecular weight excluding hydrogens is 1170 g/mol. The van der Waals surface area contributed by atoms with Crippen LogP contribution in [-0.2, 0) is 57.5 Å². The minimum Gasteiger partial charge on any atom is -0.480 e. The number of amides is 11. The summed E-state index contributed by atoms with van der Waals surface area (Å²) in [4.78, 5) is 167. The van der Waals surface area contributed by atoms with Crippen LogP contribution in [0.5, 0.6) is 0 Å². The molecule has 2 fully saturated rings. The zero-order valence-electron chi connectivity index (χ0n) is 53.4. The maximum Gasteiger partial charge on any atom is 0.326 e. The summed E-state index contributed by atoms with van der Waals surface area (Å²) in [7, 11) is 0. The lowest BCUT2D eigenvalue weighted by Gasteiger charge is -2.32. The quantitative estimate of drug-likeness (QED) is 0.0156. The predicted molar refractivity (Wildman–Crippen MR) is 331 cm³/mol. The molecule has 13 atom stereocenters. The second-order valence-electron chi connectivity index (χ2n) is 24.0. The van der Waals surface area contributed by atoms with E-state index in [9.17, 15) is 67.7 Å². The number of rotatable bonds is 40. The summed E-state index contributed by atoms with van der Waals surface area (Å²) in [6.07, 6.45) is 0.418. The fourth-order valence-corrected chi connectivity index (χ4v) is 10.4. The molecule has 0 unspecified atom stereocenters. The van der Waals surface area contributed by atoms with Crippen molar-refractivity contribution in [2.75, 3.05) is 32.7 Å². The van der Waals surface area contributed by atoms with Gasteiger partial charge in [-0.1, -0.05) is 48.0 Å². The van der Waals surface area contributed by atoms with Gasteiger partial charge >= 0.3 is 5.97 Å². The average Bonchev–Trinajstić information content (AvgIpc) is 2.10. The first kappa shape index (κ1) is 78.2. The van der Waals surface area contributed by atoms with Crippen molar-refractivity contribution in [2.45, 2.75) is 224 Å². The topological polar surface area (TPSA) is 550 Å². The Labute approximate surface area is 526 Å². The van der Waals surface area contributed by atoms with Gasteiger partial charge in [0.1, 0.15) is 60.4 Å². The Hall–Kier alpha value is -7.94. The number of carboxylic acids is 1. The van der Waals surface area contributed by atoms with Crippen molar-refractivity contribution in [1.82, 2.24) is 63.0 Å². The van der Waals surface area contributed by atoms with E-state index in [1.165, 1.54) is 18.7 Å². The van der Waals surface area contributed by atoms with Gasteiger partial charge in [-0.15, -0.1) is 0 Å². The first-order chi connectivity index (χ1) is 42.3. The average molecular weight is 1280 g/mol. The highest BCUT2D eigenvalue weighted by Gasteiger charge is 2.43. The molecule has 0 radical (unpaired) electrons. The van der Waals surface area contributed by atoms with E-state index in [1.54, 1.807) is 41.5 Å². The van der Waals surface area contributed by atoms with E-state index in [0.29, 0.717) is 51.6 Å². The zero-order chi connectivity index (χ0) is 68.1. The van der Waals surface area contributed by atoms with Crippen LogP contribution in [0.4, 0.5) is 0 Å². The number of aliphatic carboxylic acids is 1. The third-order valence-electron chi connectivity index (χ3n) is 15.6. The highest BCUT2D eigenvalue weighted by molar-refractivity contribution is 5.99. The minimum atomic E-state index is -1.65. The van der Waals surface area contributed by atoms with Crippen LogP contribution in [0.2, 0.25) is 0 Å². The van der Waals surface area contributed by atoms with Crippen LogP contribution in [0, 0.1) is 28.6 Å². The highest BCUT2D eigenvalue weighted by atomic mass is 16.4. The number of carboxylic acid groups (broad SMARTS) is 1. The molecule has 0 spiro atoms. The molecule has 33 nitrogen and oxygen atoms in total. The third-order valence-corrected chi connectivity index (χ3v) is 15.6. The number of nitrogens with zero attached hydrogens (tertiary/aromatic N) is 2. The van der Waals surface area contributed by atoms with Gasteiger partial charge in [0.25, 0.3) is 0 Å². The molecule has 2 heterocycles. The Morgan fingerprint density at radius 2 is 0.956 bits per heavy atom. The first-order valence-electron chi connectivity index (χ1n) is 31.1. The predicted octanol–water partition coefficient (Wildman–Crippen LogP) is -4.67. The van der Waals surface area contributed by atoms with Crippen LogP contribution < -0.4 is 81.8 Å². The maximum absolute atomic E-state index is 14.5. The summed E-state index contributed by atoms with van der Waals surface area (Å²) in [6.45, 7) is 13.7. The van der Waals surface area contributed by atoms with Gasteiger partial charge in [-0.3, -0.25) is 63.6 Å². The molecule has 90 heavy (non-hydrogen) atoms. The van der Waals surface area contributed by atoms with Gasteiger partial charge in [0.05, 0.1) is 12.1 Å². The number of carbonyl (C=O) groups excluding carboxylic acids is 11. The van der Waals surface area contributed by atoms with Gasteiger partial charge in [0, 0.05) is 32.6 Å². The number of aliphatic hydroxyl groups excluding tert-OH is 1. The van der Waals surface area contributed by atoms with Gasteiger partial charge < -0.3 is 102 Å². The summed E-state index contributed by atoms with van der Waals surface area (Å²) in [5.74, 6) is -12.4. The number of aliphatic hydroxyl groups is 1. The van der Waals surface area contributed by atoms with E-state index in [2.05, 4.69) is 53.2 Å². The molecule has 0 aromatic rings. The standard InChI is InChI=1S/C57H103N19O14/c1-9-31(6)43(73-47(81)34(16-10-11-23-58)68-49(83)39-19-14-26-75(39)53(87)32(7)59)52(86)69-36(21-22-41(60)78)46(80)67-35(17-12-24-65-56(61)62)45(79)71-38(28-29(2)3)48(82)72-42(30(4)5)51(85)74-44(33(8)77)54(88)76-27-15-20-40(76)50(84)70-37(55(89)90)18-13-25-66-57(63)64/h29-40,42-44,77H,9-28,58-59H2,1-8H3,(H2,60,78)(H,67,80)(H,68,83)(H,69,86)(H,70,84)(H,71,79)(H,72,82)(H,73,81)(H,74,85)(H,89,90)(H4,61,62,65)(H4,63,64,66)/t31-,32-,33+,34-,35-,36-,37-,38-,39-,40-,42-,43-,44-/m0/s1. The number of nitrogens with two attached hydrogens (primary N) is 5. The van der Waals surface area contributed by atoms with E-state index in [-0.39, 0.29) is 88.8 Å².